The number of benzene rings is 3. The molecule has 2 N–H and O–H groups in total. The molecule has 3 aromatic carbocycles. The summed E-state index contributed by atoms with van der Waals surface area (Å²) in [7, 11) is 1.29. The maximum Gasteiger partial charge on any atom is 0.411 e. The Morgan fingerprint density at radius 1 is 0.759 bits per heavy atom. The van der Waals surface area contributed by atoms with E-state index in [2.05, 4.69) is 15.4 Å². The van der Waals surface area contributed by atoms with Crippen LogP contribution in [0.5, 0.6) is 0 Å². The van der Waals surface area contributed by atoms with E-state index >= 15 is 0 Å². The molecule has 0 radical (unpaired) electrons. The number of hydrogen-bond donors (Lipinski definition) is 2. The van der Waals surface area contributed by atoms with Gasteiger partial charge in [-0.25, -0.2) is 4.79 Å². The summed E-state index contributed by atoms with van der Waals surface area (Å²) in [5.74, 6) is -0.268. The molecule has 0 bridgehead atoms. The van der Waals surface area contributed by atoms with E-state index in [1.807, 2.05) is 60.7 Å². The molecular weight excluding hydrogens is 368 g/mol. The first-order valence-corrected chi connectivity index (χ1v) is 9.12. The summed E-state index contributed by atoms with van der Waals surface area (Å²) in [5, 5.41) is 5.34. The van der Waals surface area contributed by atoms with Crippen LogP contribution in [0.1, 0.15) is 17.2 Å². The molecule has 0 aliphatic heterocycles. The van der Waals surface area contributed by atoms with Crippen molar-refractivity contribution in [1.29, 1.82) is 0 Å². The fraction of sp³-hybridized carbons (Fsp3) is 0.130. The Kier molecular flexibility index (Phi) is 6.97. The Labute approximate surface area is 169 Å². The molecule has 0 heterocycles. The van der Waals surface area contributed by atoms with Crippen molar-refractivity contribution >= 4 is 23.4 Å². The van der Waals surface area contributed by atoms with Crippen molar-refractivity contribution in [3.63, 3.8) is 0 Å². The number of rotatable bonds is 7. The Hall–Kier alpha value is -3.64. The SMILES string of the molecule is COC(=O)Nc1ccc(NC(=O)COC(c2ccccc2)c2ccccc2)cc1. The van der Waals surface area contributed by atoms with Crippen molar-refractivity contribution in [2.75, 3.05) is 24.4 Å². The Morgan fingerprint density at radius 2 is 1.24 bits per heavy atom. The first kappa shape index (κ1) is 20.1. The average Bonchev–Trinajstić information content (AvgIpc) is 2.76. The monoisotopic (exact) mass is 390 g/mol. The zero-order chi connectivity index (χ0) is 20.5. The van der Waals surface area contributed by atoms with Crippen LogP contribution in [0.2, 0.25) is 0 Å². The normalized spacial score (nSPS) is 10.4. The highest BCUT2D eigenvalue weighted by atomic mass is 16.5. The third-order valence-corrected chi connectivity index (χ3v) is 4.19. The largest absolute Gasteiger partial charge is 0.453 e. The lowest BCUT2D eigenvalue weighted by Gasteiger charge is -2.19. The maximum absolute atomic E-state index is 12.4. The summed E-state index contributed by atoms with van der Waals surface area (Å²) in [5.41, 5.74) is 3.12. The number of anilines is 2. The Morgan fingerprint density at radius 3 is 1.72 bits per heavy atom. The smallest absolute Gasteiger partial charge is 0.411 e. The van der Waals surface area contributed by atoms with E-state index < -0.39 is 6.09 Å². The fourth-order valence-corrected chi connectivity index (χ4v) is 2.80. The molecule has 0 saturated heterocycles. The lowest BCUT2D eigenvalue weighted by molar-refractivity contribution is -0.121. The fourth-order valence-electron chi connectivity index (χ4n) is 2.80. The first-order valence-electron chi connectivity index (χ1n) is 9.12. The van der Waals surface area contributed by atoms with Crippen molar-refractivity contribution in [3.05, 3.63) is 96.1 Å². The number of ether oxygens (including phenoxy) is 2. The summed E-state index contributed by atoms with van der Waals surface area (Å²) in [6.45, 7) is -0.101. The van der Waals surface area contributed by atoms with E-state index in [-0.39, 0.29) is 18.6 Å². The van der Waals surface area contributed by atoms with Gasteiger partial charge in [-0.2, -0.15) is 0 Å². The van der Waals surface area contributed by atoms with E-state index in [4.69, 9.17) is 4.74 Å². The molecule has 6 nitrogen and oxygen atoms in total. The topological polar surface area (TPSA) is 76.7 Å². The first-order chi connectivity index (χ1) is 14.2. The number of nitrogens with one attached hydrogen (secondary N) is 2. The highest BCUT2D eigenvalue weighted by Gasteiger charge is 2.16. The third kappa shape index (κ3) is 5.92. The predicted molar refractivity (Wildman–Crippen MR) is 112 cm³/mol. The molecular formula is C23H22N2O4. The van der Waals surface area contributed by atoms with Gasteiger partial charge in [-0.05, 0) is 35.4 Å². The number of carbonyl (C=O) groups excluding carboxylic acids is 2. The van der Waals surface area contributed by atoms with Crippen LogP contribution in [0.15, 0.2) is 84.9 Å². The Balaban J connectivity index is 1.61. The number of methoxy groups -OCH3 is 1. The second kappa shape index (κ2) is 10.1. The third-order valence-electron chi connectivity index (χ3n) is 4.19. The van der Waals surface area contributed by atoms with Gasteiger partial charge in [0.05, 0.1) is 7.11 Å². The van der Waals surface area contributed by atoms with Crippen LogP contribution in [0.25, 0.3) is 0 Å². The maximum atomic E-state index is 12.4. The molecule has 2 amide bonds. The van der Waals surface area contributed by atoms with Gasteiger partial charge in [-0.3, -0.25) is 10.1 Å². The van der Waals surface area contributed by atoms with Gasteiger partial charge in [-0.15, -0.1) is 0 Å². The Bertz CT molecular complexity index is 889. The van der Waals surface area contributed by atoms with Gasteiger partial charge >= 0.3 is 6.09 Å². The number of carbonyl (C=O) groups is 2. The van der Waals surface area contributed by atoms with E-state index in [1.165, 1.54) is 7.11 Å². The van der Waals surface area contributed by atoms with E-state index in [0.717, 1.165) is 11.1 Å². The van der Waals surface area contributed by atoms with Crippen molar-refractivity contribution < 1.29 is 19.1 Å². The summed E-state index contributed by atoms with van der Waals surface area (Å²) >= 11 is 0. The van der Waals surface area contributed by atoms with Crippen molar-refractivity contribution in [2.45, 2.75) is 6.10 Å². The van der Waals surface area contributed by atoms with Crippen molar-refractivity contribution in [2.24, 2.45) is 0 Å². The van der Waals surface area contributed by atoms with Gasteiger partial charge in [0.15, 0.2) is 0 Å². The lowest BCUT2D eigenvalue weighted by Crippen LogP contribution is -2.20. The molecule has 29 heavy (non-hydrogen) atoms. The van der Waals surface area contributed by atoms with Gasteiger partial charge in [-0.1, -0.05) is 60.7 Å². The van der Waals surface area contributed by atoms with Crippen LogP contribution in [0.3, 0.4) is 0 Å². The summed E-state index contributed by atoms with van der Waals surface area (Å²) in [4.78, 5) is 23.6. The van der Waals surface area contributed by atoms with E-state index in [9.17, 15) is 9.59 Å². The quantitative estimate of drug-likeness (QED) is 0.618. The van der Waals surface area contributed by atoms with Crippen molar-refractivity contribution in [3.8, 4) is 0 Å². The summed E-state index contributed by atoms with van der Waals surface area (Å²) in [6, 6.07) is 26.3. The second-order valence-corrected chi connectivity index (χ2v) is 6.25. The van der Waals surface area contributed by atoms with Crippen LogP contribution in [0.4, 0.5) is 16.2 Å². The van der Waals surface area contributed by atoms with Crippen LogP contribution in [-0.4, -0.2) is 25.7 Å². The van der Waals surface area contributed by atoms with E-state index in [1.54, 1.807) is 24.3 Å². The molecule has 0 unspecified atom stereocenters. The van der Waals surface area contributed by atoms with E-state index in [0.29, 0.717) is 11.4 Å². The van der Waals surface area contributed by atoms with Crippen LogP contribution >= 0.6 is 0 Å². The number of amides is 2. The molecule has 0 aliphatic carbocycles. The lowest BCUT2D eigenvalue weighted by atomic mass is 10.0. The minimum atomic E-state index is -0.553. The molecule has 0 fully saturated rings. The summed E-state index contributed by atoms with van der Waals surface area (Å²) < 4.78 is 10.5. The van der Waals surface area contributed by atoms with Crippen molar-refractivity contribution in [1.82, 2.24) is 0 Å². The van der Waals surface area contributed by atoms with Gasteiger partial charge in [0, 0.05) is 11.4 Å². The standard InChI is InChI=1S/C23H22N2O4/c1-28-23(27)25-20-14-12-19(13-15-20)24-21(26)16-29-22(17-8-4-2-5-9-17)18-10-6-3-7-11-18/h2-15,22H,16H2,1H3,(H,24,26)(H,25,27). The molecule has 6 heteroatoms. The highest BCUT2D eigenvalue weighted by Crippen LogP contribution is 2.25. The zero-order valence-corrected chi connectivity index (χ0v) is 16.0. The predicted octanol–water partition coefficient (Wildman–Crippen LogP) is 4.61. The van der Waals surface area contributed by atoms with Gasteiger partial charge in [0.2, 0.25) is 5.91 Å². The summed E-state index contributed by atoms with van der Waals surface area (Å²) in [6.07, 6.45) is -0.891. The average molecular weight is 390 g/mol. The van der Waals surface area contributed by atoms with Gasteiger partial charge in [0.25, 0.3) is 0 Å². The molecule has 0 atom stereocenters. The van der Waals surface area contributed by atoms with Gasteiger partial charge in [0.1, 0.15) is 12.7 Å². The minimum Gasteiger partial charge on any atom is -0.453 e. The van der Waals surface area contributed by atoms with Crippen LogP contribution < -0.4 is 10.6 Å². The minimum absolute atomic E-state index is 0.101. The highest BCUT2D eigenvalue weighted by molar-refractivity contribution is 5.92. The van der Waals surface area contributed by atoms with Gasteiger partial charge < -0.3 is 14.8 Å². The van der Waals surface area contributed by atoms with Crippen LogP contribution in [-0.2, 0) is 14.3 Å². The molecule has 3 rings (SSSR count). The zero-order valence-electron chi connectivity index (χ0n) is 16.0. The van der Waals surface area contributed by atoms with Crippen LogP contribution in [0, 0.1) is 0 Å². The second-order valence-electron chi connectivity index (χ2n) is 6.25. The molecule has 3 aromatic rings. The molecule has 0 saturated carbocycles. The molecule has 0 aliphatic rings. The molecule has 0 spiro atoms. The molecule has 0 aromatic heterocycles. The molecule has 148 valence electrons. The number of hydrogen-bond acceptors (Lipinski definition) is 4.